The zero-order valence-corrected chi connectivity index (χ0v) is 35.4. The van der Waals surface area contributed by atoms with Gasteiger partial charge in [0.25, 0.3) is 26.1 Å². The Labute approximate surface area is 348 Å². The summed E-state index contributed by atoms with van der Waals surface area (Å²) in [6.07, 6.45) is 4.34. The Morgan fingerprint density at radius 1 is 0.836 bits per heavy atom. The van der Waals surface area contributed by atoms with Crippen LogP contribution in [0.1, 0.15) is 90.7 Å². The molecule has 3 N–H and O–H groups in total. The van der Waals surface area contributed by atoms with Crippen LogP contribution in [0, 0.1) is 23.3 Å². The maximum absolute atomic E-state index is 17.0. The number of carboxylic acid groups (broad SMARTS) is 1. The van der Waals surface area contributed by atoms with Gasteiger partial charge in [0.15, 0.2) is 28.8 Å². The number of fused-ring (bicyclic) bond motifs is 4. The molecule has 19 heteroatoms. The molecule has 0 spiro atoms. The first kappa shape index (κ1) is 42.6. The number of hydrogen-bond acceptors (Lipinski definition) is 8. The number of amides is 1. The van der Waals surface area contributed by atoms with E-state index in [4.69, 9.17) is 4.74 Å². The standard InChI is InChI=1S/C42H41F4N3O10S2/c1-41(2)16-20(18-60(53,54)55)24-14-26-29(30-31(33(44)35(46)34(45)32(30)43)40(52)47(5)13-10-28(50)51)27-15-25-21(19-61(56,57)58)17-42(3,4)49-12-7-9-23(37(25)49)39(27)59-38(26)22-8-6-11-48(41)36(22)24/h14-17H,6-13,18-19H2,1-5H3,(H2-,50,51,53,54,55,56,57,58)/p+1. The van der Waals surface area contributed by atoms with Crippen molar-refractivity contribution in [3.8, 4) is 11.5 Å². The molecule has 0 atom stereocenters. The number of carbonyl (C=O) groups excluding carboxylic acids is 1. The zero-order chi connectivity index (χ0) is 44.5. The van der Waals surface area contributed by atoms with Crippen molar-refractivity contribution < 1.29 is 62.9 Å². The maximum Gasteiger partial charge on any atom is 0.305 e. The predicted octanol–water partition coefficient (Wildman–Crippen LogP) is 4.46. The van der Waals surface area contributed by atoms with Crippen LogP contribution in [0.4, 0.5) is 23.2 Å². The van der Waals surface area contributed by atoms with Gasteiger partial charge in [0, 0.05) is 73.5 Å². The highest BCUT2D eigenvalue weighted by Gasteiger charge is 2.45. The van der Waals surface area contributed by atoms with Gasteiger partial charge >= 0.3 is 5.97 Å². The summed E-state index contributed by atoms with van der Waals surface area (Å²) in [5.41, 5.74) is -2.15. The van der Waals surface area contributed by atoms with Crippen molar-refractivity contribution in [3.05, 3.63) is 97.1 Å². The second-order valence-corrected chi connectivity index (χ2v) is 20.1. The minimum absolute atomic E-state index is 0.0779. The van der Waals surface area contributed by atoms with Crippen LogP contribution in [-0.4, -0.2) is 97.1 Å². The normalized spacial score (nSPS) is 18.2. The van der Waals surface area contributed by atoms with E-state index >= 15 is 17.6 Å². The number of carboxylic acids is 1. The smallest absolute Gasteiger partial charge is 0.305 e. The lowest BCUT2D eigenvalue weighted by Gasteiger charge is -2.47. The fourth-order valence-corrected chi connectivity index (χ4v) is 11.0. The summed E-state index contributed by atoms with van der Waals surface area (Å²) in [5.74, 6) is -12.9. The Morgan fingerprint density at radius 3 is 2.10 bits per heavy atom. The van der Waals surface area contributed by atoms with Crippen molar-refractivity contribution in [1.29, 1.82) is 0 Å². The molecule has 8 rings (SSSR count). The number of rotatable bonds is 9. The number of nitrogens with zero attached hydrogens (tertiary/aromatic N) is 3. The summed E-state index contributed by atoms with van der Waals surface area (Å²) in [6.45, 7) is 7.87. The van der Waals surface area contributed by atoms with E-state index in [0.29, 0.717) is 60.9 Å². The van der Waals surface area contributed by atoms with Crippen LogP contribution in [0.5, 0.6) is 11.5 Å². The molecule has 1 amide bonds. The number of aliphatic carboxylic acids is 1. The minimum Gasteiger partial charge on any atom is -0.481 e. The summed E-state index contributed by atoms with van der Waals surface area (Å²) >= 11 is 0. The second kappa shape index (κ2) is 14.2. The lowest BCUT2D eigenvalue weighted by molar-refractivity contribution is -0.137. The maximum atomic E-state index is 17.0. The van der Waals surface area contributed by atoms with Gasteiger partial charge in [0.2, 0.25) is 5.36 Å². The third-order valence-corrected chi connectivity index (χ3v) is 13.5. The molecule has 0 radical (unpaired) electrons. The molecule has 0 aromatic heterocycles. The molecule has 324 valence electrons. The summed E-state index contributed by atoms with van der Waals surface area (Å²) in [6, 6.07) is 2.82. The first-order valence-electron chi connectivity index (χ1n) is 19.5. The van der Waals surface area contributed by atoms with Gasteiger partial charge in [0.1, 0.15) is 29.5 Å². The van der Waals surface area contributed by atoms with Crippen molar-refractivity contribution in [2.45, 2.75) is 70.9 Å². The minimum atomic E-state index is -4.68. The van der Waals surface area contributed by atoms with Crippen LogP contribution >= 0.6 is 0 Å². The lowest BCUT2D eigenvalue weighted by Crippen LogP contribution is -2.53. The molecule has 0 unspecified atom stereocenters. The zero-order valence-electron chi connectivity index (χ0n) is 33.7. The fraction of sp³-hybridized carbons (Fsp3) is 0.405. The van der Waals surface area contributed by atoms with Crippen LogP contribution in [-0.2, 0) is 37.9 Å². The first-order valence-corrected chi connectivity index (χ1v) is 22.7. The van der Waals surface area contributed by atoms with E-state index in [1.54, 1.807) is 12.2 Å². The summed E-state index contributed by atoms with van der Waals surface area (Å²) in [7, 11) is -8.28. The SMILES string of the molecule is CN(CCC(=O)O)C(=O)c1c(F)c(F)c(F)c(F)c1C1=c2cc3c4c(c2Oc2c1cc1c5c2CCCN5C(C)(C)C=C1CS(=O)(=O)O)CCC[N+]=4C(C)(C)C=C3CS(=O)(=O)O. The van der Waals surface area contributed by atoms with Gasteiger partial charge in [-0.1, -0.05) is 6.08 Å². The van der Waals surface area contributed by atoms with E-state index in [-0.39, 0.29) is 50.1 Å². The van der Waals surface area contributed by atoms with E-state index in [9.17, 15) is 40.6 Å². The van der Waals surface area contributed by atoms with E-state index in [0.717, 1.165) is 11.9 Å². The molecule has 61 heavy (non-hydrogen) atoms. The number of anilines is 1. The molecule has 3 aromatic rings. The van der Waals surface area contributed by atoms with Crippen LogP contribution in [0.25, 0.3) is 16.7 Å². The third-order valence-electron chi connectivity index (χ3n) is 12.1. The monoisotopic (exact) mass is 888 g/mol. The molecule has 0 fully saturated rings. The van der Waals surface area contributed by atoms with Crippen molar-refractivity contribution in [3.63, 3.8) is 0 Å². The molecule has 5 heterocycles. The van der Waals surface area contributed by atoms with Crippen molar-refractivity contribution >= 4 is 54.5 Å². The molecule has 5 aliphatic heterocycles. The molecule has 0 saturated carbocycles. The van der Waals surface area contributed by atoms with E-state index in [2.05, 4.69) is 0 Å². The number of benzene rings is 3. The lowest BCUT2D eigenvalue weighted by atomic mass is 9.78. The Kier molecular flexibility index (Phi) is 9.92. The fourth-order valence-electron chi connectivity index (χ4n) is 9.74. The van der Waals surface area contributed by atoms with Gasteiger partial charge in [-0.2, -0.15) is 16.8 Å². The van der Waals surface area contributed by atoms with Gasteiger partial charge in [-0.25, -0.2) is 22.1 Å². The average Bonchev–Trinajstić information content (AvgIpc) is 3.15. The number of halogens is 4. The molecule has 0 saturated heterocycles. The van der Waals surface area contributed by atoms with E-state index in [1.807, 2.05) is 37.2 Å². The number of ether oxygens (including phenoxy) is 1. The summed E-state index contributed by atoms with van der Waals surface area (Å²) < 4.78 is 144. The molecule has 3 aromatic carbocycles. The number of carbonyl (C=O) groups is 2. The molecule has 5 aliphatic rings. The van der Waals surface area contributed by atoms with Gasteiger partial charge in [-0.05, 0) is 62.5 Å². The van der Waals surface area contributed by atoms with Crippen molar-refractivity contribution in [1.82, 2.24) is 9.48 Å². The molecule has 0 aliphatic carbocycles. The highest BCUT2D eigenvalue weighted by Crippen LogP contribution is 2.53. The van der Waals surface area contributed by atoms with Crippen molar-refractivity contribution in [2.24, 2.45) is 0 Å². The highest BCUT2D eigenvalue weighted by atomic mass is 32.2. The Balaban J connectivity index is 1.59. The Bertz CT molecular complexity index is 2980. The third kappa shape index (κ3) is 7.02. The molecule has 13 nitrogen and oxygen atoms in total. The second-order valence-electron chi connectivity index (χ2n) is 17.2. The predicted molar refractivity (Wildman–Crippen MR) is 216 cm³/mol. The number of hydrogen-bond donors (Lipinski definition) is 3. The first-order chi connectivity index (χ1) is 28.3. The Hall–Kier alpha value is -5.11. The van der Waals surface area contributed by atoms with Gasteiger partial charge in [-0.3, -0.25) is 18.7 Å². The quantitative estimate of drug-likeness (QED) is 0.0710. The van der Waals surface area contributed by atoms with Gasteiger partial charge in [-0.15, -0.1) is 0 Å². The Morgan fingerprint density at radius 2 is 1.46 bits per heavy atom. The topological polar surface area (TPSA) is 182 Å². The molecular formula is C42H42F4N3O10S2+. The summed E-state index contributed by atoms with van der Waals surface area (Å²) in [4.78, 5) is 28.4. The van der Waals surface area contributed by atoms with E-state index < -0.39 is 102 Å². The highest BCUT2D eigenvalue weighted by molar-refractivity contribution is 7.86. The van der Waals surface area contributed by atoms with Crippen LogP contribution in [0.3, 0.4) is 0 Å². The largest absolute Gasteiger partial charge is 0.481 e. The van der Waals surface area contributed by atoms with Crippen molar-refractivity contribution in [2.75, 3.05) is 43.1 Å². The van der Waals surface area contributed by atoms with E-state index in [1.165, 1.54) is 12.1 Å². The average molecular weight is 889 g/mol. The van der Waals surface area contributed by atoms with Crippen LogP contribution in [0.15, 0.2) is 24.3 Å². The van der Waals surface area contributed by atoms with Gasteiger partial charge in [0.05, 0.1) is 34.3 Å². The van der Waals surface area contributed by atoms with Gasteiger partial charge < -0.3 is 19.6 Å². The van der Waals surface area contributed by atoms with Crippen LogP contribution < -0.4 is 24.8 Å². The van der Waals surface area contributed by atoms with Crippen LogP contribution in [0.2, 0.25) is 0 Å². The molecular weight excluding hydrogens is 847 g/mol. The summed E-state index contributed by atoms with van der Waals surface area (Å²) in [5, 5.41) is 9.78. The molecule has 0 bridgehead atoms.